The third-order valence-electron chi connectivity index (χ3n) is 3.24. The fraction of sp³-hybridized carbons (Fsp3) is 0.400. The first-order chi connectivity index (χ1) is 9.13. The molecule has 102 valence electrons. The number of rotatable bonds is 5. The molecule has 2 aromatic rings. The van der Waals surface area contributed by atoms with Crippen LogP contribution in [0.2, 0.25) is 0 Å². The highest BCUT2D eigenvalue weighted by Gasteiger charge is 2.15. The molecule has 1 aromatic carbocycles. The van der Waals surface area contributed by atoms with Crippen molar-refractivity contribution in [3.8, 4) is 0 Å². The summed E-state index contributed by atoms with van der Waals surface area (Å²) in [5.74, 6) is 0. The van der Waals surface area contributed by atoms with Crippen molar-refractivity contribution in [2.24, 2.45) is 5.73 Å². The van der Waals surface area contributed by atoms with E-state index < -0.39 is 0 Å². The first-order valence-corrected chi connectivity index (χ1v) is 7.42. The Morgan fingerprint density at radius 3 is 2.53 bits per heavy atom. The number of nitrogens with two attached hydrogens (primary N) is 1. The van der Waals surface area contributed by atoms with E-state index in [9.17, 15) is 0 Å². The van der Waals surface area contributed by atoms with E-state index >= 15 is 0 Å². The maximum absolute atomic E-state index is 5.66. The Balaban J connectivity index is 2.38. The zero-order chi connectivity index (χ0) is 13.8. The number of hydrogen-bond acceptors (Lipinski definition) is 4. The van der Waals surface area contributed by atoms with Gasteiger partial charge in [-0.1, -0.05) is 18.2 Å². The molecule has 0 aliphatic carbocycles. The number of anilines is 2. The molecule has 1 aromatic heterocycles. The minimum absolute atomic E-state index is 0.700. The predicted molar refractivity (Wildman–Crippen MR) is 83.4 cm³/mol. The molecule has 0 fully saturated rings. The third-order valence-corrected chi connectivity index (χ3v) is 4.34. The normalized spacial score (nSPS) is 10.7. The molecule has 3 nitrogen and oxygen atoms in total. The second-order valence-corrected chi connectivity index (χ2v) is 5.90. The molecule has 0 spiro atoms. The lowest BCUT2D eigenvalue weighted by molar-refractivity contribution is 0.813. The zero-order valence-corrected chi connectivity index (χ0v) is 12.6. The van der Waals surface area contributed by atoms with E-state index in [1.807, 2.05) is 0 Å². The van der Waals surface area contributed by atoms with Crippen LogP contribution in [0.1, 0.15) is 22.6 Å². The standard InChI is InChI=1S/C15H21N3S/c1-11-7-4-5-8-14(11)18(10-6-9-16)15-17-12(2)13(3)19-15/h4-5,7-8H,6,9-10,16H2,1-3H3. The van der Waals surface area contributed by atoms with Crippen LogP contribution in [0.15, 0.2) is 24.3 Å². The van der Waals surface area contributed by atoms with E-state index in [0.29, 0.717) is 6.54 Å². The van der Waals surface area contributed by atoms with Gasteiger partial charge in [0, 0.05) is 17.1 Å². The summed E-state index contributed by atoms with van der Waals surface area (Å²) < 4.78 is 0. The third kappa shape index (κ3) is 3.14. The summed E-state index contributed by atoms with van der Waals surface area (Å²) in [5, 5.41) is 1.07. The van der Waals surface area contributed by atoms with E-state index in [0.717, 1.165) is 23.8 Å². The minimum Gasteiger partial charge on any atom is -0.330 e. The topological polar surface area (TPSA) is 42.1 Å². The fourth-order valence-corrected chi connectivity index (χ4v) is 2.96. The van der Waals surface area contributed by atoms with Gasteiger partial charge in [0.2, 0.25) is 0 Å². The number of hydrogen-bond donors (Lipinski definition) is 1. The molecule has 19 heavy (non-hydrogen) atoms. The zero-order valence-electron chi connectivity index (χ0n) is 11.8. The number of nitrogens with zero attached hydrogens (tertiary/aromatic N) is 2. The van der Waals surface area contributed by atoms with Crippen LogP contribution in [-0.4, -0.2) is 18.1 Å². The Morgan fingerprint density at radius 1 is 1.21 bits per heavy atom. The van der Waals surface area contributed by atoms with Crippen LogP contribution in [0, 0.1) is 20.8 Å². The Labute approximate surface area is 119 Å². The second kappa shape index (κ2) is 6.17. The van der Waals surface area contributed by atoms with Gasteiger partial charge in [0.25, 0.3) is 0 Å². The average Bonchev–Trinajstić information content (AvgIpc) is 2.72. The molecular weight excluding hydrogens is 254 g/mol. The van der Waals surface area contributed by atoms with Gasteiger partial charge >= 0.3 is 0 Å². The van der Waals surface area contributed by atoms with E-state index in [1.165, 1.54) is 16.1 Å². The lowest BCUT2D eigenvalue weighted by Gasteiger charge is -2.23. The number of benzene rings is 1. The Hall–Kier alpha value is -1.39. The van der Waals surface area contributed by atoms with Crippen LogP contribution in [0.3, 0.4) is 0 Å². The Bertz CT molecular complexity index is 529. The molecule has 1 heterocycles. The van der Waals surface area contributed by atoms with Crippen molar-refractivity contribution >= 4 is 22.2 Å². The van der Waals surface area contributed by atoms with Gasteiger partial charge in [-0.15, -0.1) is 11.3 Å². The maximum Gasteiger partial charge on any atom is 0.190 e. The Morgan fingerprint density at radius 2 is 1.95 bits per heavy atom. The number of aromatic nitrogens is 1. The Kier molecular flexibility index (Phi) is 4.56. The molecule has 0 radical (unpaired) electrons. The molecule has 0 aliphatic heterocycles. The van der Waals surface area contributed by atoms with Crippen molar-refractivity contribution in [3.05, 3.63) is 40.4 Å². The largest absolute Gasteiger partial charge is 0.330 e. The molecule has 0 bridgehead atoms. The molecule has 0 saturated carbocycles. The lowest BCUT2D eigenvalue weighted by Crippen LogP contribution is -2.21. The van der Waals surface area contributed by atoms with Crippen molar-refractivity contribution in [2.75, 3.05) is 18.0 Å². The van der Waals surface area contributed by atoms with Gasteiger partial charge in [-0.05, 0) is 45.4 Å². The van der Waals surface area contributed by atoms with E-state index in [1.54, 1.807) is 11.3 Å². The monoisotopic (exact) mass is 275 g/mol. The average molecular weight is 275 g/mol. The van der Waals surface area contributed by atoms with Gasteiger partial charge in [0.15, 0.2) is 5.13 Å². The van der Waals surface area contributed by atoms with Gasteiger partial charge < -0.3 is 10.6 Å². The number of thiazole rings is 1. The van der Waals surface area contributed by atoms with Crippen molar-refractivity contribution < 1.29 is 0 Å². The summed E-state index contributed by atoms with van der Waals surface area (Å²) in [4.78, 5) is 8.25. The molecule has 0 atom stereocenters. The molecule has 0 saturated heterocycles. The highest BCUT2D eigenvalue weighted by molar-refractivity contribution is 7.15. The van der Waals surface area contributed by atoms with Crippen LogP contribution in [0.25, 0.3) is 0 Å². The number of aryl methyl sites for hydroxylation is 3. The molecule has 0 amide bonds. The first kappa shape index (κ1) is 14.0. The summed E-state index contributed by atoms with van der Waals surface area (Å²) in [6.07, 6.45) is 0.964. The van der Waals surface area contributed by atoms with Crippen LogP contribution >= 0.6 is 11.3 Å². The van der Waals surface area contributed by atoms with Crippen molar-refractivity contribution in [3.63, 3.8) is 0 Å². The molecule has 2 N–H and O–H groups in total. The van der Waals surface area contributed by atoms with E-state index in [4.69, 9.17) is 5.73 Å². The molecular formula is C15H21N3S. The van der Waals surface area contributed by atoms with Crippen molar-refractivity contribution in [1.29, 1.82) is 0 Å². The van der Waals surface area contributed by atoms with Crippen molar-refractivity contribution in [2.45, 2.75) is 27.2 Å². The van der Waals surface area contributed by atoms with E-state index in [2.05, 4.69) is 54.9 Å². The van der Waals surface area contributed by atoms with Gasteiger partial charge in [-0.3, -0.25) is 0 Å². The van der Waals surface area contributed by atoms with Gasteiger partial charge in [-0.2, -0.15) is 0 Å². The predicted octanol–water partition coefficient (Wildman–Crippen LogP) is 3.56. The minimum atomic E-state index is 0.700. The summed E-state index contributed by atoms with van der Waals surface area (Å²) in [6, 6.07) is 8.43. The molecule has 4 heteroatoms. The highest BCUT2D eigenvalue weighted by Crippen LogP contribution is 2.32. The van der Waals surface area contributed by atoms with Crippen LogP contribution in [0.5, 0.6) is 0 Å². The van der Waals surface area contributed by atoms with Crippen LogP contribution in [-0.2, 0) is 0 Å². The molecule has 2 rings (SSSR count). The van der Waals surface area contributed by atoms with Gasteiger partial charge in [0.1, 0.15) is 0 Å². The first-order valence-electron chi connectivity index (χ1n) is 6.60. The summed E-state index contributed by atoms with van der Waals surface area (Å²) in [6.45, 7) is 7.93. The number of para-hydroxylation sites is 1. The van der Waals surface area contributed by atoms with Gasteiger partial charge in [0.05, 0.1) is 5.69 Å². The SMILES string of the molecule is Cc1ccccc1N(CCCN)c1nc(C)c(C)s1. The summed E-state index contributed by atoms with van der Waals surface area (Å²) in [5.41, 5.74) is 9.27. The van der Waals surface area contributed by atoms with Crippen LogP contribution in [0.4, 0.5) is 10.8 Å². The van der Waals surface area contributed by atoms with E-state index in [-0.39, 0.29) is 0 Å². The quantitative estimate of drug-likeness (QED) is 0.907. The van der Waals surface area contributed by atoms with Crippen molar-refractivity contribution in [1.82, 2.24) is 4.98 Å². The maximum atomic E-state index is 5.66. The second-order valence-electron chi connectivity index (χ2n) is 4.72. The summed E-state index contributed by atoms with van der Waals surface area (Å²) >= 11 is 1.75. The van der Waals surface area contributed by atoms with Gasteiger partial charge in [-0.25, -0.2) is 4.98 Å². The fourth-order valence-electron chi connectivity index (χ4n) is 2.01. The lowest BCUT2D eigenvalue weighted by atomic mass is 10.2. The summed E-state index contributed by atoms with van der Waals surface area (Å²) in [7, 11) is 0. The molecule has 0 aliphatic rings. The smallest absolute Gasteiger partial charge is 0.190 e. The molecule has 0 unspecified atom stereocenters. The highest BCUT2D eigenvalue weighted by atomic mass is 32.1. The van der Waals surface area contributed by atoms with Crippen LogP contribution < -0.4 is 10.6 Å².